The van der Waals surface area contributed by atoms with Gasteiger partial charge in [0.15, 0.2) is 5.96 Å². The van der Waals surface area contributed by atoms with Crippen LogP contribution in [0.4, 0.5) is 19.3 Å². The van der Waals surface area contributed by atoms with Gasteiger partial charge in [-0.25, -0.2) is 13.6 Å². The van der Waals surface area contributed by atoms with Crippen LogP contribution in [-0.4, -0.2) is 25.1 Å². The first-order valence-corrected chi connectivity index (χ1v) is 5.97. The standard InChI is InChI=1S/C12H14F2N4O.ClH/c13-8-4-3-5-9(14)10(8)17-12(19)18-11-15-6-1-2-7-16-11;/h3-5H,1-2,6-7H2,(H3,15,16,17,18,19);1H. The van der Waals surface area contributed by atoms with Crippen LogP contribution < -0.4 is 16.0 Å². The maximum Gasteiger partial charge on any atom is 0.326 e. The topological polar surface area (TPSA) is 65.5 Å². The minimum Gasteiger partial charge on any atom is -0.356 e. The van der Waals surface area contributed by atoms with Crippen molar-refractivity contribution in [1.29, 1.82) is 0 Å². The maximum atomic E-state index is 13.3. The Morgan fingerprint density at radius 2 is 1.90 bits per heavy atom. The average Bonchev–Trinajstić information content (AvgIpc) is 2.63. The van der Waals surface area contributed by atoms with Crippen LogP contribution in [0.3, 0.4) is 0 Å². The molecule has 1 heterocycles. The number of anilines is 1. The fourth-order valence-electron chi connectivity index (χ4n) is 1.64. The molecule has 0 spiro atoms. The predicted octanol–water partition coefficient (Wildman–Crippen LogP) is 2.25. The van der Waals surface area contributed by atoms with E-state index >= 15 is 0 Å². The first-order valence-electron chi connectivity index (χ1n) is 5.97. The van der Waals surface area contributed by atoms with Crippen molar-refractivity contribution in [2.45, 2.75) is 12.8 Å². The summed E-state index contributed by atoms with van der Waals surface area (Å²) in [6.45, 7) is 1.31. The molecular formula is C12H15ClF2N4O. The van der Waals surface area contributed by atoms with Gasteiger partial charge in [0, 0.05) is 13.1 Å². The number of nitrogens with one attached hydrogen (secondary N) is 3. The number of halogens is 3. The van der Waals surface area contributed by atoms with Gasteiger partial charge < -0.3 is 10.6 Å². The minimum atomic E-state index is -0.828. The highest BCUT2D eigenvalue weighted by molar-refractivity contribution is 6.02. The van der Waals surface area contributed by atoms with Crippen molar-refractivity contribution in [3.8, 4) is 0 Å². The zero-order chi connectivity index (χ0) is 13.7. The summed E-state index contributed by atoms with van der Waals surface area (Å²) in [5.74, 6) is -1.34. The second-order valence-corrected chi connectivity index (χ2v) is 4.04. The summed E-state index contributed by atoms with van der Waals surface area (Å²) >= 11 is 0. The third kappa shape index (κ3) is 4.34. The quantitative estimate of drug-likeness (QED) is 0.745. The fourth-order valence-corrected chi connectivity index (χ4v) is 1.64. The number of carbonyl (C=O) groups excluding carboxylic acids is 1. The van der Waals surface area contributed by atoms with Gasteiger partial charge in [-0.15, -0.1) is 12.4 Å². The molecule has 0 aromatic heterocycles. The lowest BCUT2D eigenvalue weighted by Gasteiger charge is -2.11. The van der Waals surface area contributed by atoms with Gasteiger partial charge in [-0.1, -0.05) is 6.07 Å². The first-order chi connectivity index (χ1) is 9.16. The van der Waals surface area contributed by atoms with Crippen molar-refractivity contribution >= 4 is 30.1 Å². The number of nitrogens with zero attached hydrogens (tertiary/aromatic N) is 1. The van der Waals surface area contributed by atoms with Crippen molar-refractivity contribution in [3.63, 3.8) is 0 Å². The summed E-state index contributed by atoms with van der Waals surface area (Å²) in [7, 11) is 0. The smallest absolute Gasteiger partial charge is 0.326 e. The molecule has 1 aromatic carbocycles. The Bertz CT molecular complexity index is 490. The summed E-state index contributed by atoms with van der Waals surface area (Å²) < 4.78 is 26.7. The van der Waals surface area contributed by atoms with Crippen LogP contribution in [0, 0.1) is 11.6 Å². The summed E-state index contributed by atoms with van der Waals surface area (Å²) in [4.78, 5) is 15.7. The molecule has 0 saturated heterocycles. The Morgan fingerprint density at radius 3 is 2.60 bits per heavy atom. The molecule has 0 radical (unpaired) electrons. The summed E-state index contributed by atoms with van der Waals surface area (Å²) in [5.41, 5.74) is -0.478. The van der Waals surface area contributed by atoms with Crippen LogP contribution in [0.1, 0.15) is 12.8 Å². The van der Waals surface area contributed by atoms with Crippen molar-refractivity contribution in [2.75, 3.05) is 18.4 Å². The van der Waals surface area contributed by atoms with E-state index in [1.807, 2.05) is 0 Å². The minimum absolute atomic E-state index is 0. The van der Waals surface area contributed by atoms with Gasteiger partial charge in [-0.05, 0) is 25.0 Å². The van der Waals surface area contributed by atoms with Gasteiger partial charge in [0.05, 0.1) is 0 Å². The predicted molar refractivity (Wildman–Crippen MR) is 75.3 cm³/mol. The molecule has 5 nitrogen and oxygen atoms in total. The lowest BCUT2D eigenvalue weighted by molar-refractivity contribution is 0.255. The van der Waals surface area contributed by atoms with E-state index in [2.05, 4.69) is 20.9 Å². The second kappa shape index (κ2) is 7.64. The Labute approximate surface area is 121 Å². The molecule has 0 aliphatic carbocycles. The van der Waals surface area contributed by atoms with E-state index in [4.69, 9.17) is 0 Å². The lowest BCUT2D eigenvalue weighted by Crippen LogP contribution is -2.43. The molecule has 20 heavy (non-hydrogen) atoms. The van der Waals surface area contributed by atoms with Crippen LogP contribution in [-0.2, 0) is 0 Å². The van der Waals surface area contributed by atoms with Crippen LogP contribution >= 0.6 is 12.4 Å². The van der Waals surface area contributed by atoms with E-state index in [-0.39, 0.29) is 12.4 Å². The summed E-state index contributed by atoms with van der Waals surface area (Å²) in [6.07, 6.45) is 1.89. The molecule has 110 valence electrons. The number of carbonyl (C=O) groups is 1. The maximum absolute atomic E-state index is 13.3. The Balaban J connectivity index is 0.00000200. The number of hydrogen-bond donors (Lipinski definition) is 3. The van der Waals surface area contributed by atoms with Gasteiger partial charge in [-0.2, -0.15) is 0 Å². The number of guanidine groups is 1. The zero-order valence-electron chi connectivity index (χ0n) is 10.6. The summed E-state index contributed by atoms with van der Waals surface area (Å²) in [6, 6.07) is 2.63. The van der Waals surface area contributed by atoms with Gasteiger partial charge in [-0.3, -0.25) is 10.3 Å². The number of rotatable bonds is 1. The highest BCUT2D eigenvalue weighted by atomic mass is 35.5. The van der Waals surface area contributed by atoms with Gasteiger partial charge in [0.1, 0.15) is 17.3 Å². The van der Waals surface area contributed by atoms with Crippen molar-refractivity contribution in [1.82, 2.24) is 10.6 Å². The van der Waals surface area contributed by atoms with E-state index in [1.54, 1.807) is 0 Å². The SMILES string of the molecule is Cl.O=C(NC1=NCCCCN1)Nc1c(F)cccc1F. The van der Waals surface area contributed by atoms with Gasteiger partial charge in [0.2, 0.25) is 0 Å². The third-order valence-corrected chi connectivity index (χ3v) is 2.58. The average molecular weight is 305 g/mol. The number of amides is 2. The molecule has 8 heteroatoms. The highest BCUT2D eigenvalue weighted by Gasteiger charge is 2.13. The molecule has 0 unspecified atom stereocenters. The van der Waals surface area contributed by atoms with E-state index in [0.717, 1.165) is 25.0 Å². The molecule has 0 fully saturated rings. The van der Waals surface area contributed by atoms with Gasteiger partial charge in [0.25, 0.3) is 0 Å². The van der Waals surface area contributed by atoms with Crippen LogP contribution in [0.5, 0.6) is 0 Å². The Hall–Kier alpha value is -1.89. The fraction of sp³-hybridized carbons (Fsp3) is 0.333. The Kier molecular flexibility index (Phi) is 6.17. The highest BCUT2D eigenvalue weighted by Crippen LogP contribution is 2.17. The molecule has 1 aromatic rings. The second-order valence-electron chi connectivity index (χ2n) is 4.04. The molecule has 0 atom stereocenters. The normalized spacial score (nSPS) is 14.2. The molecular weight excluding hydrogens is 290 g/mol. The number of para-hydroxylation sites is 1. The zero-order valence-corrected chi connectivity index (χ0v) is 11.4. The van der Waals surface area contributed by atoms with Gasteiger partial charge >= 0.3 is 6.03 Å². The molecule has 3 N–H and O–H groups in total. The van der Waals surface area contributed by atoms with Crippen LogP contribution in [0.15, 0.2) is 23.2 Å². The van der Waals surface area contributed by atoms with Crippen molar-refractivity contribution < 1.29 is 13.6 Å². The lowest BCUT2D eigenvalue weighted by atomic mass is 10.3. The Morgan fingerprint density at radius 1 is 1.20 bits per heavy atom. The van der Waals surface area contributed by atoms with E-state index in [0.29, 0.717) is 19.0 Å². The molecule has 0 saturated carbocycles. The third-order valence-electron chi connectivity index (χ3n) is 2.58. The first kappa shape index (κ1) is 16.2. The molecule has 1 aliphatic rings. The number of aliphatic imine (C=N–C) groups is 1. The molecule has 0 bridgehead atoms. The van der Waals surface area contributed by atoms with Crippen molar-refractivity contribution in [2.24, 2.45) is 4.99 Å². The summed E-state index contributed by atoms with van der Waals surface area (Å²) in [5, 5.41) is 7.46. The number of urea groups is 1. The van der Waals surface area contributed by atoms with E-state index in [1.165, 1.54) is 6.07 Å². The monoisotopic (exact) mass is 304 g/mol. The van der Waals surface area contributed by atoms with Crippen LogP contribution in [0.2, 0.25) is 0 Å². The van der Waals surface area contributed by atoms with E-state index < -0.39 is 23.4 Å². The van der Waals surface area contributed by atoms with Crippen LogP contribution in [0.25, 0.3) is 0 Å². The van der Waals surface area contributed by atoms with Crippen molar-refractivity contribution in [3.05, 3.63) is 29.8 Å². The molecule has 2 rings (SSSR count). The van der Waals surface area contributed by atoms with E-state index in [9.17, 15) is 13.6 Å². The molecule has 2 amide bonds. The largest absolute Gasteiger partial charge is 0.356 e. The number of hydrogen-bond acceptors (Lipinski definition) is 3. The molecule has 1 aliphatic heterocycles. The number of benzene rings is 1.